The molecular weight excluding hydrogens is 308 g/mol. The third-order valence-corrected chi connectivity index (χ3v) is 3.52. The van der Waals surface area contributed by atoms with Crippen LogP contribution in [0.5, 0.6) is 0 Å². The number of anilines is 1. The summed E-state index contributed by atoms with van der Waals surface area (Å²) in [6.45, 7) is 3.94. The lowest BCUT2D eigenvalue weighted by atomic mass is 10.0. The van der Waals surface area contributed by atoms with Gasteiger partial charge in [0.05, 0.1) is 0 Å². The number of aromatic nitrogens is 2. The van der Waals surface area contributed by atoms with E-state index in [1.54, 1.807) is 0 Å². The van der Waals surface area contributed by atoms with Crippen molar-refractivity contribution in [2.24, 2.45) is 0 Å². The molecule has 2 aromatic rings. The van der Waals surface area contributed by atoms with Crippen molar-refractivity contribution >= 4 is 17.7 Å². The van der Waals surface area contributed by atoms with Crippen LogP contribution in [0.15, 0.2) is 42.7 Å². The molecule has 2 atom stereocenters. The highest BCUT2D eigenvalue weighted by Gasteiger charge is 2.22. The smallest absolute Gasteiger partial charge is 0.361 e. The highest BCUT2D eigenvalue weighted by Crippen LogP contribution is 2.13. The Bertz CT molecular complexity index is 706. The molecule has 0 saturated heterocycles. The molecule has 7 nitrogen and oxygen atoms in total. The summed E-state index contributed by atoms with van der Waals surface area (Å²) in [5.74, 6) is -1.05. The fourth-order valence-electron chi connectivity index (χ4n) is 2.07. The quantitative estimate of drug-likeness (QED) is 0.779. The van der Waals surface area contributed by atoms with E-state index in [0.29, 0.717) is 6.54 Å². The Balaban J connectivity index is 1.86. The molecule has 126 valence electrons. The van der Waals surface area contributed by atoms with Gasteiger partial charge < -0.3 is 15.8 Å². The van der Waals surface area contributed by atoms with Gasteiger partial charge in [-0.25, -0.2) is 14.8 Å². The monoisotopic (exact) mass is 328 g/mol. The fourth-order valence-corrected chi connectivity index (χ4v) is 2.07. The van der Waals surface area contributed by atoms with Crippen LogP contribution in [-0.4, -0.2) is 34.5 Å². The van der Waals surface area contributed by atoms with E-state index in [0.717, 1.165) is 5.56 Å². The topological polar surface area (TPSA) is 107 Å². The Labute approximate surface area is 140 Å². The van der Waals surface area contributed by atoms with Crippen molar-refractivity contribution in [2.45, 2.75) is 25.9 Å². The molecular formula is C17H20N4O3. The van der Waals surface area contributed by atoms with Gasteiger partial charge in [-0.15, -0.1) is 0 Å². The lowest BCUT2D eigenvalue weighted by Gasteiger charge is -2.16. The van der Waals surface area contributed by atoms with Gasteiger partial charge in [-0.05, 0) is 18.4 Å². The average Bonchev–Trinajstić information content (AvgIpc) is 2.60. The molecule has 0 fully saturated rings. The largest absolute Gasteiger partial charge is 0.448 e. The van der Waals surface area contributed by atoms with Crippen LogP contribution in [0.25, 0.3) is 0 Å². The Kier molecular flexibility index (Phi) is 5.83. The van der Waals surface area contributed by atoms with E-state index in [1.165, 1.54) is 19.3 Å². The number of carbonyl (C=O) groups excluding carboxylic acids is 2. The number of nitrogens with one attached hydrogen (secondary N) is 1. The molecule has 1 aromatic carbocycles. The average molecular weight is 328 g/mol. The lowest BCUT2D eigenvalue weighted by Crippen LogP contribution is -2.37. The van der Waals surface area contributed by atoms with Gasteiger partial charge in [0.1, 0.15) is 0 Å². The number of nitrogen functional groups attached to an aromatic ring is 1. The molecule has 2 rings (SSSR count). The molecule has 0 bridgehead atoms. The molecule has 1 heterocycles. The second kappa shape index (κ2) is 8.05. The molecule has 0 spiro atoms. The van der Waals surface area contributed by atoms with E-state index >= 15 is 0 Å². The summed E-state index contributed by atoms with van der Waals surface area (Å²) in [6.07, 6.45) is 1.74. The maximum Gasteiger partial charge on any atom is 0.361 e. The standard InChI is InChI=1S/C17H20N4O3/c1-11(13-6-4-3-5-7-13)10-21-16(22)12(2)24-17(23)14-15(18)20-9-8-19-14/h3-9,11-12H,10H2,1-2H3,(H2,18,20)(H,21,22)/t11-,12-/m1/s1. The number of carbonyl (C=O) groups is 2. The van der Waals surface area contributed by atoms with E-state index in [9.17, 15) is 9.59 Å². The minimum absolute atomic E-state index is 0.0344. The Hall–Kier alpha value is -2.96. The molecule has 24 heavy (non-hydrogen) atoms. The van der Waals surface area contributed by atoms with Gasteiger partial charge in [0.15, 0.2) is 17.6 Å². The first-order valence-corrected chi connectivity index (χ1v) is 7.59. The number of benzene rings is 1. The van der Waals surface area contributed by atoms with Gasteiger partial charge in [0.2, 0.25) is 0 Å². The van der Waals surface area contributed by atoms with E-state index in [2.05, 4.69) is 15.3 Å². The van der Waals surface area contributed by atoms with Crippen LogP contribution in [0, 0.1) is 0 Å². The van der Waals surface area contributed by atoms with E-state index < -0.39 is 12.1 Å². The SMILES string of the molecule is C[C@H](CNC(=O)[C@@H](C)OC(=O)c1nccnc1N)c1ccccc1. The number of amides is 1. The highest BCUT2D eigenvalue weighted by atomic mass is 16.5. The van der Waals surface area contributed by atoms with Gasteiger partial charge in [0, 0.05) is 18.9 Å². The zero-order valence-electron chi connectivity index (χ0n) is 13.6. The molecule has 0 saturated carbocycles. The minimum Gasteiger partial charge on any atom is -0.448 e. The van der Waals surface area contributed by atoms with E-state index in [1.807, 2.05) is 37.3 Å². The predicted octanol–water partition coefficient (Wildman–Crippen LogP) is 1.52. The number of ether oxygens (including phenoxy) is 1. The zero-order chi connectivity index (χ0) is 17.5. The number of esters is 1. The van der Waals surface area contributed by atoms with Crippen LogP contribution in [0.4, 0.5) is 5.82 Å². The van der Waals surface area contributed by atoms with Crippen molar-refractivity contribution in [3.8, 4) is 0 Å². The first-order chi connectivity index (χ1) is 11.5. The van der Waals surface area contributed by atoms with Crippen molar-refractivity contribution in [1.82, 2.24) is 15.3 Å². The summed E-state index contributed by atoms with van der Waals surface area (Å²) >= 11 is 0. The van der Waals surface area contributed by atoms with Crippen LogP contribution < -0.4 is 11.1 Å². The Morgan fingerprint density at radius 2 is 1.83 bits per heavy atom. The van der Waals surface area contributed by atoms with Gasteiger partial charge in [-0.2, -0.15) is 0 Å². The Morgan fingerprint density at radius 1 is 1.17 bits per heavy atom. The molecule has 1 amide bonds. The van der Waals surface area contributed by atoms with Gasteiger partial charge in [-0.3, -0.25) is 4.79 Å². The summed E-state index contributed by atoms with van der Waals surface area (Å²) in [5, 5.41) is 2.77. The van der Waals surface area contributed by atoms with Crippen molar-refractivity contribution in [3.63, 3.8) is 0 Å². The number of hydrogen-bond acceptors (Lipinski definition) is 6. The number of nitrogens with two attached hydrogens (primary N) is 1. The van der Waals surface area contributed by atoms with Crippen LogP contribution in [0.2, 0.25) is 0 Å². The van der Waals surface area contributed by atoms with Crippen LogP contribution in [-0.2, 0) is 9.53 Å². The molecule has 1 aromatic heterocycles. The zero-order valence-corrected chi connectivity index (χ0v) is 13.6. The minimum atomic E-state index is -0.957. The first kappa shape index (κ1) is 17.4. The molecule has 0 radical (unpaired) electrons. The summed E-state index contributed by atoms with van der Waals surface area (Å²) in [4.78, 5) is 31.6. The third kappa shape index (κ3) is 4.52. The maximum atomic E-state index is 12.1. The molecule has 0 aliphatic carbocycles. The fraction of sp³-hybridized carbons (Fsp3) is 0.294. The molecule has 3 N–H and O–H groups in total. The van der Waals surface area contributed by atoms with E-state index in [4.69, 9.17) is 10.5 Å². The molecule has 7 heteroatoms. The van der Waals surface area contributed by atoms with Gasteiger partial charge in [0.25, 0.3) is 5.91 Å². The van der Waals surface area contributed by atoms with Crippen molar-refractivity contribution in [3.05, 3.63) is 54.0 Å². The molecule has 0 aliphatic rings. The normalized spacial score (nSPS) is 12.9. The summed E-state index contributed by atoms with van der Waals surface area (Å²) < 4.78 is 5.08. The van der Waals surface area contributed by atoms with E-state index in [-0.39, 0.29) is 23.3 Å². The first-order valence-electron chi connectivity index (χ1n) is 7.59. The summed E-state index contributed by atoms with van der Waals surface area (Å²) in [5.41, 5.74) is 6.58. The second-order valence-electron chi connectivity index (χ2n) is 5.39. The van der Waals surface area contributed by atoms with Crippen LogP contribution in [0.1, 0.15) is 35.8 Å². The third-order valence-electron chi connectivity index (χ3n) is 3.52. The highest BCUT2D eigenvalue weighted by molar-refractivity contribution is 5.93. The molecule has 0 aliphatic heterocycles. The Morgan fingerprint density at radius 3 is 2.50 bits per heavy atom. The molecule has 0 unspecified atom stereocenters. The second-order valence-corrected chi connectivity index (χ2v) is 5.39. The predicted molar refractivity (Wildman–Crippen MR) is 89.2 cm³/mol. The van der Waals surface area contributed by atoms with Crippen LogP contribution in [0.3, 0.4) is 0 Å². The van der Waals surface area contributed by atoms with Gasteiger partial charge >= 0.3 is 5.97 Å². The van der Waals surface area contributed by atoms with Crippen molar-refractivity contribution < 1.29 is 14.3 Å². The number of nitrogens with zero attached hydrogens (tertiary/aromatic N) is 2. The summed E-state index contributed by atoms with van der Waals surface area (Å²) in [6, 6.07) is 9.83. The lowest BCUT2D eigenvalue weighted by molar-refractivity contribution is -0.129. The van der Waals surface area contributed by atoms with Crippen molar-refractivity contribution in [2.75, 3.05) is 12.3 Å². The summed E-state index contributed by atoms with van der Waals surface area (Å²) in [7, 11) is 0. The number of rotatable bonds is 6. The van der Waals surface area contributed by atoms with Crippen LogP contribution >= 0.6 is 0 Å². The number of hydrogen-bond donors (Lipinski definition) is 2. The van der Waals surface area contributed by atoms with Crippen molar-refractivity contribution in [1.29, 1.82) is 0 Å². The maximum absolute atomic E-state index is 12.1. The van der Waals surface area contributed by atoms with Gasteiger partial charge in [-0.1, -0.05) is 37.3 Å².